The Kier molecular flexibility index (Phi) is 4.90. The number of hydrogen-bond donors (Lipinski definition) is 2. The van der Waals surface area contributed by atoms with Gasteiger partial charge in [0.1, 0.15) is 3.92 Å². The van der Waals surface area contributed by atoms with E-state index in [1.165, 1.54) is 10.6 Å². The van der Waals surface area contributed by atoms with Crippen molar-refractivity contribution in [3.05, 3.63) is 35.4 Å². The average molecular weight is 416 g/mol. The summed E-state index contributed by atoms with van der Waals surface area (Å²) in [5, 5.41) is 14.8. The first-order valence-electron chi connectivity index (χ1n) is 7.56. The summed E-state index contributed by atoms with van der Waals surface area (Å²) in [7, 11) is 0. The van der Waals surface area contributed by atoms with Crippen LogP contribution in [-0.2, 0) is 4.79 Å². The standard InChI is InChI=1S/C17H25IN2O2/c1-11-6-8-12(9-7-11)14(18)15(21)19-13-10-16(2,3)20(22)17(13,4)5/h6-9,13-14,22H,10H2,1-5H3,(H,19,21). The number of amides is 1. The Labute approximate surface area is 146 Å². The predicted molar refractivity (Wildman–Crippen MR) is 96.3 cm³/mol. The van der Waals surface area contributed by atoms with Gasteiger partial charge in [0.2, 0.25) is 5.91 Å². The van der Waals surface area contributed by atoms with Crippen molar-refractivity contribution in [3.63, 3.8) is 0 Å². The van der Waals surface area contributed by atoms with Gasteiger partial charge in [-0.1, -0.05) is 52.4 Å². The molecule has 1 amide bonds. The number of rotatable bonds is 3. The zero-order valence-electron chi connectivity index (χ0n) is 13.9. The lowest BCUT2D eigenvalue weighted by Crippen LogP contribution is -2.53. The van der Waals surface area contributed by atoms with Crippen LogP contribution in [0, 0.1) is 6.92 Å². The number of halogens is 1. The topological polar surface area (TPSA) is 52.6 Å². The molecule has 2 N–H and O–H groups in total. The minimum Gasteiger partial charge on any atom is -0.350 e. The molecule has 4 nitrogen and oxygen atoms in total. The molecule has 2 rings (SSSR count). The van der Waals surface area contributed by atoms with Gasteiger partial charge in [0.25, 0.3) is 0 Å². The SMILES string of the molecule is Cc1ccc(C(I)C(=O)NC2CC(C)(C)N(O)C2(C)C)cc1. The number of aryl methyl sites for hydroxylation is 1. The molecule has 1 aromatic rings. The highest BCUT2D eigenvalue weighted by Crippen LogP contribution is 2.39. The van der Waals surface area contributed by atoms with Crippen molar-refractivity contribution in [2.24, 2.45) is 0 Å². The molecule has 1 aliphatic heterocycles. The van der Waals surface area contributed by atoms with Crippen LogP contribution < -0.4 is 5.32 Å². The number of nitrogens with zero attached hydrogens (tertiary/aromatic N) is 1. The summed E-state index contributed by atoms with van der Waals surface area (Å²) in [6.07, 6.45) is 0.722. The molecule has 22 heavy (non-hydrogen) atoms. The third-order valence-corrected chi connectivity index (χ3v) is 5.88. The Bertz CT molecular complexity index is 554. The molecule has 122 valence electrons. The lowest BCUT2D eigenvalue weighted by atomic mass is 9.94. The van der Waals surface area contributed by atoms with Gasteiger partial charge >= 0.3 is 0 Å². The van der Waals surface area contributed by atoms with Gasteiger partial charge in [-0.15, -0.1) is 0 Å². The fourth-order valence-electron chi connectivity index (χ4n) is 3.12. The van der Waals surface area contributed by atoms with Gasteiger partial charge in [0.15, 0.2) is 0 Å². The second-order valence-electron chi connectivity index (χ2n) is 7.32. The first-order chi connectivity index (χ1) is 10.1. The number of benzene rings is 1. The minimum absolute atomic E-state index is 0.00590. The molecule has 1 fully saturated rings. The van der Waals surface area contributed by atoms with Crippen LogP contribution >= 0.6 is 22.6 Å². The largest absolute Gasteiger partial charge is 0.350 e. The highest BCUT2D eigenvalue weighted by molar-refractivity contribution is 14.1. The van der Waals surface area contributed by atoms with Crippen LogP contribution in [0.25, 0.3) is 0 Å². The van der Waals surface area contributed by atoms with Crippen molar-refractivity contribution < 1.29 is 10.0 Å². The molecule has 0 saturated carbocycles. The molecule has 1 saturated heterocycles. The molecule has 2 atom stereocenters. The van der Waals surface area contributed by atoms with Crippen molar-refractivity contribution in [1.82, 2.24) is 10.4 Å². The van der Waals surface area contributed by atoms with E-state index in [4.69, 9.17) is 0 Å². The maximum absolute atomic E-state index is 12.6. The van der Waals surface area contributed by atoms with Crippen LogP contribution in [-0.4, -0.2) is 33.3 Å². The molecule has 1 aliphatic rings. The molecular weight excluding hydrogens is 391 g/mol. The maximum Gasteiger partial charge on any atom is 0.237 e. The zero-order chi connectivity index (χ0) is 16.7. The van der Waals surface area contributed by atoms with Crippen LogP contribution in [0.1, 0.15) is 49.2 Å². The monoisotopic (exact) mass is 416 g/mol. The van der Waals surface area contributed by atoms with Gasteiger partial charge in [-0.25, -0.2) is 0 Å². The number of alkyl halides is 1. The first kappa shape index (κ1) is 17.7. The van der Waals surface area contributed by atoms with Gasteiger partial charge in [0, 0.05) is 5.54 Å². The summed E-state index contributed by atoms with van der Waals surface area (Å²) in [5.74, 6) is -0.00590. The molecule has 1 heterocycles. The third kappa shape index (κ3) is 3.31. The van der Waals surface area contributed by atoms with Crippen molar-refractivity contribution in [2.75, 3.05) is 0 Å². The summed E-state index contributed by atoms with van der Waals surface area (Å²) in [5.41, 5.74) is 1.36. The van der Waals surface area contributed by atoms with Crippen molar-refractivity contribution in [2.45, 2.75) is 62.1 Å². The smallest absolute Gasteiger partial charge is 0.237 e. The van der Waals surface area contributed by atoms with Gasteiger partial charge < -0.3 is 10.5 Å². The van der Waals surface area contributed by atoms with Crippen LogP contribution in [0.3, 0.4) is 0 Å². The van der Waals surface area contributed by atoms with Gasteiger partial charge in [0.05, 0.1) is 11.6 Å². The van der Waals surface area contributed by atoms with Crippen LogP contribution in [0.5, 0.6) is 0 Å². The second-order valence-corrected chi connectivity index (χ2v) is 8.56. The molecule has 0 bridgehead atoms. The number of carbonyl (C=O) groups excluding carboxylic acids is 1. The van der Waals surface area contributed by atoms with E-state index in [0.29, 0.717) is 0 Å². The Morgan fingerprint density at radius 1 is 1.32 bits per heavy atom. The quantitative estimate of drug-likeness (QED) is 0.585. The van der Waals surface area contributed by atoms with Crippen molar-refractivity contribution >= 4 is 28.5 Å². The third-order valence-electron chi connectivity index (χ3n) is 4.59. The van der Waals surface area contributed by atoms with E-state index in [0.717, 1.165) is 12.0 Å². The van der Waals surface area contributed by atoms with Crippen LogP contribution in [0.4, 0.5) is 0 Å². The Morgan fingerprint density at radius 3 is 2.32 bits per heavy atom. The van der Waals surface area contributed by atoms with Crippen molar-refractivity contribution in [1.29, 1.82) is 0 Å². The molecule has 0 aromatic heterocycles. The highest BCUT2D eigenvalue weighted by atomic mass is 127. The number of hydroxylamine groups is 2. The molecule has 0 spiro atoms. The molecule has 2 unspecified atom stereocenters. The molecule has 5 heteroatoms. The van der Waals surface area contributed by atoms with E-state index in [1.807, 2.05) is 58.9 Å². The van der Waals surface area contributed by atoms with E-state index >= 15 is 0 Å². The minimum atomic E-state index is -0.483. The average Bonchev–Trinajstić information content (AvgIpc) is 2.59. The summed E-state index contributed by atoms with van der Waals surface area (Å²) in [6.45, 7) is 9.93. The Morgan fingerprint density at radius 2 is 1.86 bits per heavy atom. The number of hydrogen-bond acceptors (Lipinski definition) is 3. The summed E-state index contributed by atoms with van der Waals surface area (Å²) in [6, 6.07) is 7.95. The van der Waals surface area contributed by atoms with E-state index < -0.39 is 5.54 Å². The van der Waals surface area contributed by atoms with Gasteiger partial charge in [-0.05, 0) is 46.6 Å². The van der Waals surface area contributed by atoms with Crippen LogP contribution in [0.15, 0.2) is 24.3 Å². The molecule has 1 aromatic carbocycles. The Balaban J connectivity index is 2.10. The molecule has 0 radical (unpaired) electrons. The lowest BCUT2D eigenvalue weighted by molar-refractivity contribution is -0.194. The fraction of sp³-hybridized carbons (Fsp3) is 0.588. The first-order valence-corrected chi connectivity index (χ1v) is 8.80. The summed E-state index contributed by atoms with van der Waals surface area (Å²) >= 11 is 2.17. The van der Waals surface area contributed by atoms with Gasteiger partial charge in [-0.3, -0.25) is 4.79 Å². The zero-order valence-corrected chi connectivity index (χ0v) is 16.0. The fourth-order valence-corrected chi connectivity index (χ4v) is 3.72. The second kappa shape index (κ2) is 6.09. The van der Waals surface area contributed by atoms with Crippen LogP contribution in [0.2, 0.25) is 0 Å². The summed E-state index contributed by atoms with van der Waals surface area (Å²) < 4.78 is -0.232. The normalized spacial score (nSPS) is 25.0. The van der Waals surface area contributed by atoms with E-state index in [-0.39, 0.29) is 21.4 Å². The van der Waals surface area contributed by atoms with Crippen molar-refractivity contribution in [3.8, 4) is 0 Å². The summed E-state index contributed by atoms with van der Waals surface area (Å²) in [4.78, 5) is 12.6. The molecule has 0 aliphatic carbocycles. The van der Waals surface area contributed by atoms with E-state index in [2.05, 4.69) is 27.9 Å². The molecular formula is C17H25IN2O2. The maximum atomic E-state index is 12.6. The number of carbonyl (C=O) groups is 1. The van der Waals surface area contributed by atoms with E-state index in [9.17, 15) is 10.0 Å². The Hall–Kier alpha value is -0.660. The highest BCUT2D eigenvalue weighted by Gasteiger charge is 2.52. The number of nitrogens with one attached hydrogen (secondary N) is 1. The predicted octanol–water partition coefficient (Wildman–Crippen LogP) is 3.61. The van der Waals surface area contributed by atoms with Gasteiger partial charge in [-0.2, -0.15) is 5.06 Å². The lowest BCUT2D eigenvalue weighted by Gasteiger charge is -2.36. The van der Waals surface area contributed by atoms with E-state index in [1.54, 1.807) is 0 Å².